The summed E-state index contributed by atoms with van der Waals surface area (Å²) in [6, 6.07) is 5.67. The molecule has 1 unspecified atom stereocenters. The Bertz CT molecular complexity index is 933. The van der Waals surface area contributed by atoms with Crippen LogP contribution in [0.25, 0.3) is 0 Å². The highest BCUT2D eigenvalue weighted by atomic mass is 19.4. The topological polar surface area (TPSA) is 84.7 Å². The van der Waals surface area contributed by atoms with Crippen LogP contribution >= 0.6 is 0 Å². The van der Waals surface area contributed by atoms with Gasteiger partial charge in [-0.2, -0.15) is 13.2 Å². The van der Waals surface area contributed by atoms with Crippen molar-refractivity contribution in [1.29, 1.82) is 0 Å². The van der Waals surface area contributed by atoms with E-state index in [0.717, 1.165) is 24.3 Å². The maximum atomic E-state index is 12.7. The van der Waals surface area contributed by atoms with E-state index in [0.29, 0.717) is 25.1 Å². The first-order chi connectivity index (χ1) is 14.4. The number of alkyl halides is 3. The van der Waals surface area contributed by atoms with Gasteiger partial charge in [0.2, 0.25) is 0 Å². The number of benzene rings is 1. The lowest BCUT2D eigenvalue weighted by Crippen LogP contribution is -2.44. The number of halogens is 3. The monoisotopic (exact) mass is 439 g/mol. The molecular formula is C21H24F3N3O4. The van der Waals surface area contributed by atoms with Crippen LogP contribution in [0, 0.1) is 0 Å². The molecule has 3 rings (SSSR count). The molecule has 2 aromatic rings. The lowest BCUT2D eigenvalue weighted by atomic mass is 9.93. The Hall–Kier alpha value is -3.04. The second kappa shape index (κ2) is 8.60. The van der Waals surface area contributed by atoms with Gasteiger partial charge in [-0.05, 0) is 37.1 Å². The highest BCUT2D eigenvalue weighted by Gasteiger charge is 2.31. The van der Waals surface area contributed by atoms with Crippen LogP contribution in [0.2, 0.25) is 0 Å². The van der Waals surface area contributed by atoms with Crippen molar-refractivity contribution in [2.24, 2.45) is 0 Å². The number of nitrogens with zero attached hydrogens (tertiary/aromatic N) is 2. The number of ether oxygens (including phenoxy) is 1. The van der Waals surface area contributed by atoms with Gasteiger partial charge in [0.25, 0.3) is 5.91 Å². The largest absolute Gasteiger partial charge is 0.444 e. The van der Waals surface area contributed by atoms with Crippen molar-refractivity contribution in [3.05, 3.63) is 47.2 Å². The predicted molar refractivity (Wildman–Crippen MR) is 106 cm³/mol. The van der Waals surface area contributed by atoms with Gasteiger partial charge in [0.1, 0.15) is 11.9 Å². The molecule has 0 spiro atoms. The Morgan fingerprint density at radius 3 is 2.45 bits per heavy atom. The molecule has 0 bridgehead atoms. The van der Waals surface area contributed by atoms with Gasteiger partial charge in [0.05, 0.1) is 12.1 Å². The molecule has 1 aliphatic rings. The number of nitrogens with one attached hydrogen (secondary N) is 1. The fraction of sp³-hybridized carbons (Fsp3) is 0.476. The van der Waals surface area contributed by atoms with Gasteiger partial charge < -0.3 is 14.2 Å². The van der Waals surface area contributed by atoms with Crippen LogP contribution in [-0.4, -0.2) is 41.3 Å². The van der Waals surface area contributed by atoms with E-state index >= 15 is 0 Å². The van der Waals surface area contributed by atoms with E-state index in [1.807, 2.05) is 20.8 Å². The van der Waals surface area contributed by atoms with Crippen molar-refractivity contribution in [3.63, 3.8) is 0 Å². The van der Waals surface area contributed by atoms with Crippen LogP contribution in [0.5, 0.6) is 0 Å². The molecule has 10 heteroatoms. The quantitative estimate of drug-likeness (QED) is 0.740. The van der Waals surface area contributed by atoms with E-state index in [-0.39, 0.29) is 23.3 Å². The van der Waals surface area contributed by atoms with E-state index in [1.165, 1.54) is 4.90 Å². The number of anilines is 1. The number of carbonyl (C=O) groups is 2. The third-order valence-corrected chi connectivity index (χ3v) is 4.88. The molecule has 168 valence electrons. The number of likely N-dealkylation sites (tertiary alicyclic amines) is 1. The molecule has 1 aromatic carbocycles. The van der Waals surface area contributed by atoms with Gasteiger partial charge >= 0.3 is 12.3 Å². The minimum atomic E-state index is -4.46. The second-order valence-corrected chi connectivity index (χ2v) is 8.45. The van der Waals surface area contributed by atoms with Crippen molar-refractivity contribution in [2.75, 3.05) is 18.4 Å². The molecule has 1 saturated heterocycles. The normalized spacial score (nSPS) is 17.4. The van der Waals surface area contributed by atoms with Gasteiger partial charge in [0, 0.05) is 23.6 Å². The number of carbonyl (C=O) groups excluding carboxylic acids is 2. The first-order valence-electron chi connectivity index (χ1n) is 9.85. The van der Waals surface area contributed by atoms with Crippen molar-refractivity contribution >= 4 is 17.8 Å². The Balaban J connectivity index is 1.57. The molecule has 1 aliphatic heterocycles. The summed E-state index contributed by atoms with van der Waals surface area (Å²) in [4.78, 5) is 26.3. The van der Waals surface area contributed by atoms with Crippen LogP contribution in [0.1, 0.15) is 55.3 Å². The molecule has 0 radical (unpaired) electrons. The van der Waals surface area contributed by atoms with E-state index < -0.39 is 29.8 Å². The molecule has 7 nitrogen and oxygen atoms in total. The second-order valence-electron chi connectivity index (χ2n) is 8.45. The molecule has 1 N–H and O–H groups in total. The van der Waals surface area contributed by atoms with E-state index in [9.17, 15) is 22.8 Å². The zero-order valence-electron chi connectivity index (χ0n) is 17.5. The Kier molecular flexibility index (Phi) is 6.28. The van der Waals surface area contributed by atoms with Gasteiger partial charge in [-0.25, -0.2) is 4.79 Å². The van der Waals surface area contributed by atoms with Crippen LogP contribution in [0.4, 0.5) is 23.8 Å². The highest BCUT2D eigenvalue weighted by Crippen LogP contribution is 2.29. The minimum absolute atomic E-state index is 0.149. The van der Waals surface area contributed by atoms with Crippen molar-refractivity contribution < 1.29 is 32.0 Å². The number of rotatable bonds is 3. The summed E-state index contributed by atoms with van der Waals surface area (Å²) in [6.45, 7) is 6.42. The van der Waals surface area contributed by atoms with Crippen LogP contribution < -0.4 is 5.32 Å². The van der Waals surface area contributed by atoms with E-state index in [2.05, 4.69) is 10.5 Å². The Labute approximate surface area is 177 Å². The van der Waals surface area contributed by atoms with E-state index in [4.69, 9.17) is 9.26 Å². The molecule has 31 heavy (non-hydrogen) atoms. The molecule has 0 aliphatic carbocycles. The summed E-state index contributed by atoms with van der Waals surface area (Å²) < 4.78 is 48.7. The van der Waals surface area contributed by atoms with Gasteiger partial charge in [-0.3, -0.25) is 10.1 Å². The average Bonchev–Trinajstić information content (AvgIpc) is 3.16. The minimum Gasteiger partial charge on any atom is -0.444 e. The molecule has 2 amide bonds. The molecule has 1 aromatic heterocycles. The van der Waals surface area contributed by atoms with Crippen molar-refractivity contribution in [1.82, 2.24) is 10.1 Å². The first-order valence-corrected chi connectivity index (χ1v) is 9.85. The van der Waals surface area contributed by atoms with Crippen LogP contribution in [-0.2, 0) is 16.3 Å². The maximum Gasteiger partial charge on any atom is 0.416 e. The zero-order chi connectivity index (χ0) is 22.8. The summed E-state index contributed by atoms with van der Waals surface area (Å²) in [5.41, 5.74) is -0.933. The predicted octanol–water partition coefficient (Wildman–Crippen LogP) is 4.84. The molecule has 1 atom stereocenters. The number of piperidine rings is 1. The number of hydrogen-bond donors (Lipinski definition) is 1. The van der Waals surface area contributed by atoms with Gasteiger partial charge in [-0.1, -0.05) is 25.9 Å². The molecule has 1 fully saturated rings. The lowest BCUT2D eigenvalue weighted by Gasteiger charge is -2.32. The standard InChI is InChI=1S/C21H24F3N3O4/c1-20(2,3)16-11-17(26-31-16)25-19(29)30-15-5-4-10-27(12-15)18(28)13-6-8-14(9-7-13)21(22,23)24/h6-9,11,15H,4-5,10,12H2,1-3H3,(H,25,26,29). The fourth-order valence-electron chi connectivity index (χ4n) is 3.18. The van der Waals surface area contributed by atoms with Crippen LogP contribution in [0.3, 0.4) is 0 Å². The van der Waals surface area contributed by atoms with Crippen LogP contribution in [0.15, 0.2) is 34.9 Å². The summed E-state index contributed by atoms with van der Waals surface area (Å²) >= 11 is 0. The van der Waals surface area contributed by atoms with Gasteiger partial charge in [-0.15, -0.1) is 0 Å². The third kappa shape index (κ3) is 5.77. The first kappa shape index (κ1) is 22.6. The maximum absolute atomic E-state index is 12.7. The third-order valence-electron chi connectivity index (χ3n) is 4.88. The molecular weight excluding hydrogens is 415 g/mol. The van der Waals surface area contributed by atoms with Crippen molar-refractivity contribution in [2.45, 2.75) is 51.3 Å². The summed E-state index contributed by atoms with van der Waals surface area (Å²) in [7, 11) is 0. The van der Waals surface area contributed by atoms with Gasteiger partial charge in [0.15, 0.2) is 5.82 Å². The summed E-state index contributed by atoms with van der Waals surface area (Å²) in [6.07, 6.45) is -4.56. The Morgan fingerprint density at radius 2 is 1.87 bits per heavy atom. The summed E-state index contributed by atoms with van der Waals surface area (Å²) in [5.74, 6) is 0.422. The number of aromatic nitrogens is 1. The SMILES string of the molecule is CC(C)(C)c1cc(NC(=O)OC2CCCN(C(=O)c3ccc(C(F)(F)F)cc3)C2)no1. The van der Waals surface area contributed by atoms with Crippen molar-refractivity contribution in [3.8, 4) is 0 Å². The Morgan fingerprint density at radius 1 is 1.19 bits per heavy atom. The highest BCUT2D eigenvalue weighted by molar-refractivity contribution is 5.94. The number of hydrogen-bond acceptors (Lipinski definition) is 5. The molecule has 2 heterocycles. The summed E-state index contributed by atoms with van der Waals surface area (Å²) in [5, 5.41) is 6.29. The smallest absolute Gasteiger partial charge is 0.416 e. The fourth-order valence-corrected chi connectivity index (χ4v) is 3.18. The zero-order valence-corrected chi connectivity index (χ0v) is 17.5. The molecule has 0 saturated carbocycles. The lowest BCUT2D eigenvalue weighted by molar-refractivity contribution is -0.137. The average molecular weight is 439 g/mol. The van der Waals surface area contributed by atoms with E-state index in [1.54, 1.807) is 6.07 Å². The number of amides is 2.